The lowest BCUT2D eigenvalue weighted by Gasteiger charge is -2.22. The van der Waals surface area contributed by atoms with Gasteiger partial charge in [0.25, 0.3) is 0 Å². The SMILES string of the molecule is Nc1ncnc2c1ncn2[C@@H]1O[C@H](COP(O)(=S)OP(=O)(O)O)[C@@H](OC(=O)c2ccc(C(=O)c3ccccc3)cc2)[C@H]1O. The van der Waals surface area contributed by atoms with Crippen LogP contribution in [0.2, 0.25) is 0 Å². The van der Waals surface area contributed by atoms with E-state index in [0.717, 1.165) is 0 Å². The van der Waals surface area contributed by atoms with Crippen LogP contribution >= 0.6 is 14.5 Å². The fourth-order valence-electron chi connectivity index (χ4n) is 4.32. The minimum Gasteiger partial charge on any atom is -0.453 e. The molecule has 6 N–H and O–H groups in total. The van der Waals surface area contributed by atoms with Crippen LogP contribution in [0.5, 0.6) is 0 Å². The van der Waals surface area contributed by atoms with Crippen LogP contribution in [-0.4, -0.2) is 76.0 Å². The van der Waals surface area contributed by atoms with Crippen molar-refractivity contribution in [3.05, 3.63) is 83.9 Å². The summed E-state index contributed by atoms with van der Waals surface area (Å²) < 4.78 is 33.1. The number of hydrogen-bond acceptors (Lipinski definition) is 13. The zero-order valence-electron chi connectivity index (χ0n) is 21.7. The van der Waals surface area contributed by atoms with E-state index in [1.165, 1.54) is 41.5 Å². The number of nitrogens with two attached hydrogens (primary N) is 1. The molecule has 1 fully saturated rings. The third-order valence-corrected chi connectivity index (χ3v) is 9.31. The van der Waals surface area contributed by atoms with Crippen LogP contribution < -0.4 is 5.73 Å². The number of aromatic nitrogens is 4. The second-order valence-electron chi connectivity index (χ2n) is 9.12. The first-order valence-electron chi connectivity index (χ1n) is 12.2. The largest absolute Gasteiger partial charge is 0.476 e. The average molecular weight is 651 g/mol. The number of nitrogens with zero attached hydrogens (tertiary/aromatic N) is 4. The zero-order valence-corrected chi connectivity index (χ0v) is 24.3. The van der Waals surface area contributed by atoms with E-state index in [4.69, 9.17) is 29.5 Å². The van der Waals surface area contributed by atoms with E-state index < -0.39 is 51.7 Å². The van der Waals surface area contributed by atoms with Crippen LogP contribution in [0.1, 0.15) is 32.5 Å². The van der Waals surface area contributed by atoms with Gasteiger partial charge in [-0.15, -0.1) is 0 Å². The number of benzene rings is 2. The summed E-state index contributed by atoms with van der Waals surface area (Å²) in [6, 6.07) is 14.2. The normalized spacial score (nSPS) is 21.9. The zero-order chi connectivity index (χ0) is 30.9. The molecule has 0 aliphatic carbocycles. The highest BCUT2D eigenvalue weighted by atomic mass is 32.5. The molecule has 3 heterocycles. The maximum atomic E-state index is 13.1. The smallest absolute Gasteiger partial charge is 0.453 e. The molecular weight excluding hydrogens is 628 g/mol. The molecule has 0 radical (unpaired) electrons. The lowest BCUT2D eigenvalue weighted by Crippen LogP contribution is -2.38. The highest BCUT2D eigenvalue weighted by Gasteiger charge is 2.48. The van der Waals surface area contributed by atoms with Crippen LogP contribution in [-0.2, 0) is 34.7 Å². The summed E-state index contributed by atoms with van der Waals surface area (Å²) in [5, 5.41) is 11.2. The number of carbonyl (C=O) groups excluding carboxylic acids is 2. The Morgan fingerprint density at radius 2 is 1.65 bits per heavy atom. The molecule has 2 aromatic carbocycles. The number of aliphatic hydroxyl groups excluding tert-OH is 1. The molecule has 16 nitrogen and oxygen atoms in total. The number of esters is 1. The predicted octanol–water partition coefficient (Wildman–Crippen LogP) is 1.47. The Balaban J connectivity index is 1.38. The standard InChI is InChI=1S/C24H23N5O11P2S/c25-21-17-22(27-11-26-21)29(12-28-17)23-19(31)20(16(38-23)10-37-42(36,43)40-41(33,34)35)39-24(32)15-8-6-14(7-9-15)18(30)13-4-2-1-3-5-13/h1-9,11-12,16,19-20,23,31H,10H2,(H,36,43)(H2,25,26,27)(H2,33,34,35)/t16-,19-,20-,23-,42?/m1/s1. The first-order valence-corrected chi connectivity index (χ1v) is 16.4. The second kappa shape index (κ2) is 12.3. The van der Waals surface area contributed by atoms with Gasteiger partial charge in [-0.2, -0.15) is 0 Å². The molecule has 19 heteroatoms. The van der Waals surface area contributed by atoms with Crippen molar-refractivity contribution in [2.24, 2.45) is 0 Å². The molecule has 226 valence electrons. The minimum atomic E-state index is -5.22. The van der Waals surface area contributed by atoms with Gasteiger partial charge in [0.15, 0.2) is 29.6 Å². The van der Waals surface area contributed by atoms with Gasteiger partial charge in [0.1, 0.15) is 24.1 Å². The third kappa shape index (κ3) is 7.03. The molecule has 2 aromatic heterocycles. The Hall–Kier alpha value is -3.47. The van der Waals surface area contributed by atoms with Gasteiger partial charge in [-0.05, 0) is 23.9 Å². The molecule has 43 heavy (non-hydrogen) atoms. The van der Waals surface area contributed by atoms with Gasteiger partial charge in [-0.3, -0.25) is 9.36 Å². The van der Waals surface area contributed by atoms with Crippen LogP contribution in [0, 0.1) is 0 Å². The van der Waals surface area contributed by atoms with Crippen LogP contribution in [0.15, 0.2) is 67.3 Å². The van der Waals surface area contributed by atoms with Gasteiger partial charge < -0.3 is 39.5 Å². The molecule has 4 aromatic rings. The van der Waals surface area contributed by atoms with Gasteiger partial charge in [0.2, 0.25) is 0 Å². The number of rotatable bonds is 10. The van der Waals surface area contributed by atoms with Gasteiger partial charge in [0.05, 0.1) is 18.5 Å². The number of imidazole rings is 1. The van der Waals surface area contributed by atoms with Crippen molar-refractivity contribution < 1.29 is 52.2 Å². The van der Waals surface area contributed by atoms with Crippen molar-refractivity contribution in [3.8, 4) is 0 Å². The third-order valence-electron chi connectivity index (χ3n) is 6.24. The van der Waals surface area contributed by atoms with E-state index in [9.17, 15) is 24.2 Å². The second-order valence-corrected chi connectivity index (χ2v) is 13.3. The average Bonchev–Trinajstić information content (AvgIpc) is 3.52. The molecule has 5 rings (SSSR count). The van der Waals surface area contributed by atoms with Crippen molar-refractivity contribution in [2.45, 2.75) is 24.5 Å². The fourth-order valence-corrected chi connectivity index (χ4v) is 6.88. The summed E-state index contributed by atoms with van der Waals surface area (Å²) in [4.78, 5) is 66.0. The Morgan fingerprint density at radius 3 is 2.33 bits per heavy atom. The molecule has 1 aliphatic heterocycles. The highest BCUT2D eigenvalue weighted by molar-refractivity contribution is 8.08. The van der Waals surface area contributed by atoms with E-state index in [0.29, 0.717) is 11.1 Å². The van der Waals surface area contributed by atoms with Crippen LogP contribution in [0.3, 0.4) is 0 Å². The summed E-state index contributed by atoms with van der Waals surface area (Å²) >= 11 is 4.64. The number of nitrogen functional groups attached to an aromatic ring is 1. The van der Waals surface area contributed by atoms with Crippen LogP contribution in [0.4, 0.5) is 5.82 Å². The van der Waals surface area contributed by atoms with Crippen molar-refractivity contribution in [1.29, 1.82) is 0 Å². The van der Waals surface area contributed by atoms with Crippen molar-refractivity contribution in [1.82, 2.24) is 19.5 Å². The number of fused-ring (bicyclic) bond motifs is 1. The first kappa shape index (κ1) is 31.0. The quantitative estimate of drug-likeness (QED) is 0.0926. The van der Waals surface area contributed by atoms with Gasteiger partial charge in [-0.1, -0.05) is 42.5 Å². The topological polar surface area (TPSA) is 239 Å². The highest BCUT2D eigenvalue weighted by Crippen LogP contribution is 2.58. The van der Waals surface area contributed by atoms with E-state index >= 15 is 0 Å². The summed E-state index contributed by atoms with van der Waals surface area (Å²) in [5.74, 6) is -1.10. The minimum absolute atomic E-state index is 0.0330. The molecule has 0 bridgehead atoms. The number of carbonyl (C=O) groups is 2. The first-order chi connectivity index (χ1) is 20.3. The number of hydrogen-bond donors (Lipinski definition) is 5. The molecule has 0 amide bonds. The number of ketones is 1. The Labute approximate surface area is 247 Å². The van der Waals surface area contributed by atoms with Gasteiger partial charge in [0, 0.05) is 11.1 Å². The maximum Gasteiger partial charge on any atom is 0.476 e. The maximum absolute atomic E-state index is 13.1. The van der Waals surface area contributed by atoms with E-state index in [-0.39, 0.29) is 28.3 Å². The van der Waals surface area contributed by atoms with Crippen LogP contribution in [0.25, 0.3) is 11.2 Å². The molecular formula is C24H23N5O11P2S. The number of anilines is 1. The predicted molar refractivity (Wildman–Crippen MR) is 151 cm³/mol. The number of aliphatic hydroxyl groups is 1. The molecule has 0 spiro atoms. The summed E-state index contributed by atoms with van der Waals surface area (Å²) in [7, 11) is -5.22. The van der Waals surface area contributed by atoms with Crippen molar-refractivity contribution >= 4 is 55.1 Å². The molecule has 1 saturated heterocycles. The Morgan fingerprint density at radius 1 is 1.00 bits per heavy atom. The lowest BCUT2D eigenvalue weighted by atomic mass is 10.0. The van der Waals surface area contributed by atoms with E-state index in [1.807, 2.05) is 0 Å². The monoisotopic (exact) mass is 651 g/mol. The number of ether oxygens (including phenoxy) is 2. The number of phosphoric acid groups is 1. The summed E-state index contributed by atoms with van der Waals surface area (Å²) in [6.07, 6.45) is -3.23. The summed E-state index contributed by atoms with van der Waals surface area (Å²) in [6.45, 7) is -5.21. The molecule has 5 atom stereocenters. The van der Waals surface area contributed by atoms with Crippen molar-refractivity contribution in [2.75, 3.05) is 12.3 Å². The summed E-state index contributed by atoms with van der Waals surface area (Å²) in [5.41, 5.74) is 7.05. The molecule has 1 aliphatic rings. The lowest BCUT2D eigenvalue weighted by molar-refractivity contribution is -0.0502. The Kier molecular flexibility index (Phi) is 8.83. The van der Waals surface area contributed by atoms with E-state index in [1.54, 1.807) is 30.3 Å². The van der Waals surface area contributed by atoms with Gasteiger partial charge in [-0.25, -0.2) is 28.6 Å². The Bertz CT molecular complexity index is 1750. The van der Waals surface area contributed by atoms with Crippen molar-refractivity contribution in [3.63, 3.8) is 0 Å². The molecule has 1 unspecified atom stereocenters. The molecule has 0 saturated carbocycles. The van der Waals surface area contributed by atoms with E-state index in [2.05, 4.69) is 31.1 Å². The fraction of sp³-hybridized carbons (Fsp3) is 0.208. The van der Waals surface area contributed by atoms with Gasteiger partial charge >= 0.3 is 20.5 Å².